The van der Waals surface area contributed by atoms with Gasteiger partial charge < -0.3 is 9.47 Å². The lowest BCUT2D eigenvalue weighted by Gasteiger charge is -2.21. The summed E-state index contributed by atoms with van der Waals surface area (Å²) in [7, 11) is 3.30. The Balaban J connectivity index is 1.51. The molecule has 0 radical (unpaired) electrons. The number of halogens is 1. The molecule has 0 saturated heterocycles. The largest absolute Gasteiger partial charge is 0.497 e. The third-order valence-corrected chi connectivity index (χ3v) is 7.64. The normalized spacial score (nSPS) is 15.2. The standard InChI is InChI=1S/C29H23ClN4O2S/c1-35-20-13-14-21(26(16-20)36-2)24-17-25(27-8-5-15-37-27)34(33-24)29-31-23-7-4-3-6-22(23)28(32-29)18-9-11-19(30)12-10-18/h3-16,25H,17H2,1-2H3/t25-/m1/s1. The highest BCUT2D eigenvalue weighted by molar-refractivity contribution is 7.10. The minimum absolute atomic E-state index is 0.0407. The number of methoxy groups -OCH3 is 2. The predicted octanol–water partition coefficient (Wildman–Crippen LogP) is 7.38. The molecule has 0 bridgehead atoms. The fourth-order valence-electron chi connectivity index (χ4n) is 4.59. The van der Waals surface area contributed by atoms with Crippen LogP contribution >= 0.6 is 22.9 Å². The van der Waals surface area contributed by atoms with Crippen LogP contribution in [0.25, 0.3) is 22.2 Å². The van der Waals surface area contributed by atoms with Crippen LogP contribution in [-0.4, -0.2) is 29.9 Å². The molecule has 3 heterocycles. The second kappa shape index (κ2) is 9.84. The average Bonchev–Trinajstić information content (AvgIpc) is 3.63. The Bertz CT molecular complexity index is 1600. The van der Waals surface area contributed by atoms with Crippen LogP contribution < -0.4 is 14.5 Å². The van der Waals surface area contributed by atoms with Gasteiger partial charge in [-0.3, -0.25) is 0 Å². The molecule has 0 fully saturated rings. The monoisotopic (exact) mass is 526 g/mol. The van der Waals surface area contributed by atoms with E-state index in [0.717, 1.165) is 39.2 Å². The maximum Gasteiger partial charge on any atom is 0.247 e. The van der Waals surface area contributed by atoms with Crippen molar-refractivity contribution >= 4 is 45.5 Å². The van der Waals surface area contributed by atoms with Crippen molar-refractivity contribution in [2.45, 2.75) is 12.5 Å². The summed E-state index contributed by atoms with van der Waals surface area (Å²) in [4.78, 5) is 11.2. The van der Waals surface area contributed by atoms with Gasteiger partial charge in [0.05, 0.1) is 37.2 Å². The number of fused-ring (bicyclic) bond motifs is 1. The van der Waals surface area contributed by atoms with Crippen molar-refractivity contribution in [2.75, 3.05) is 19.2 Å². The van der Waals surface area contributed by atoms with Gasteiger partial charge >= 0.3 is 0 Å². The Morgan fingerprint density at radius 1 is 0.919 bits per heavy atom. The number of aromatic nitrogens is 2. The number of rotatable bonds is 6. The Morgan fingerprint density at radius 3 is 2.51 bits per heavy atom. The molecule has 0 amide bonds. The highest BCUT2D eigenvalue weighted by atomic mass is 35.5. The lowest BCUT2D eigenvalue weighted by molar-refractivity contribution is 0.394. The fourth-order valence-corrected chi connectivity index (χ4v) is 5.53. The van der Waals surface area contributed by atoms with Gasteiger partial charge in [0.2, 0.25) is 5.95 Å². The molecule has 5 aromatic rings. The van der Waals surface area contributed by atoms with Crippen molar-refractivity contribution in [3.8, 4) is 22.8 Å². The molecule has 184 valence electrons. The number of ether oxygens (including phenoxy) is 2. The molecule has 6 nitrogen and oxygen atoms in total. The van der Waals surface area contributed by atoms with Crippen LogP contribution in [0.2, 0.25) is 5.02 Å². The fraction of sp³-hybridized carbons (Fsp3) is 0.138. The number of thiophene rings is 1. The zero-order valence-corrected chi connectivity index (χ0v) is 21.8. The van der Waals surface area contributed by atoms with E-state index in [1.54, 1.807) is 25.6 Å². The lowest BCUT2D eigenvalue weighted by atomic mass is 10.0. The molecule has 2 aromatic heterocycles. The number of hydrogen-bond acceptors (Lipinski definition) is 7. The number of para-hydroxylation sites is 1. The second-order valence-corrected chi connectivity index (χ2v) is 10.0. The topological polar surface area (TPSA) is 59.8 Å². The minimum atomic E-state index is -0.0407. The Morgan fingerprint density at radius 2 is 1.76 bits per heavy atom. The summed E-state index contributed by atoms with van der Waals surface area (Å²) in [6.45, 7) is 0. The number of hydrogen-bond donors (Lipinski definition) is 0. The highest BCUT2D eigenvalue weighted by Gasteiger charge is 2.34. The van der Waals surface area contributed by atoms with Crippen LogP contribution in [0.1, 0.15) is 22.9 Å². The number of benzene rings is 3. The van der Waals surface area contributed by atoms with Crippen molar-refractivity contribution in [1.29, 1.82) is 0 Å². The Kier molecular flexibility index (Phi) is 6.24. The van der Waals surface area contributed by atoms with E-state index in [1.807, 2.05) is 71.7 Å². The van der Waals surface area contributed by atoms with Gasteiger partial charge in [-0.05, 0) is 41.8 Å². The quantitative estimate of drug-likeness (QED) is 0.231. The zero-order valence-electron chi connectivity index (χ0n) is 20.3. The maximum atomic E-state index is 6.17. The van der Waals surface area contributed by atoms with Crippen molar-refractivity contribution in [2.24, 2.45) is 5.10 Å². The van der Waals surface area contributed by atoms with E-state index in [4.69, 9.17) is 36.1 Å². The molecule has 0 spiro atoms. The third-order valence-electron chi connectivity index (χ3n) is 6.42. The van der Waals surface area contributed by atoms with Crippen LogP contribution in [0.15, 0.2) is 89.3 Å². The first-order valence-corrected chi connectivity index (χ1v) is 13.1. The van der Waals surface area contributed by atoms with Crippen LogP contribution in [-0.2, 0) is 0 Å². The summed E-state index contributed by atoms with van der Waals surface area (Å²) in [5.41, 5.74) is 4.49. The molecule has 0 unspecified atom stereocenters. The van der Waals surface area contributed by atoms with Crippen molar-refractivity contribution in [1.82, 2.24) is 9.97 Å². The van der Waals surface area contributed by atoms with E-state index >= 15 is 0 Å². The Labute approximate surface area is 223 Å². The first kappa shape index (κ1) is 23.5. The summed E-state index contributed by atoms with van der Waals surface area (Å²) >= 11 is 7.87. The summed E-state index contributed by atoms with van der Waals surface area (Å²) < 4.78 is 11.1. The van der Waals surface area contributed by atoms with Crippen LogP contribution in [0.3, 0.4) is 0 Å². The van der Waals surface area contributed by atoms with Crippen molar-refractivity contribution in [3.63, 3.8) is 0 Å². The molecule has 37 heavy (non-hydrogen) atoms. The van der Waals surface area contributed by atoms with Crippen LogP contribution in [0, 0.1) is 0 Å². The van der Waals surface area contributed by atoms with E-state index < -0.39 is 0 Å². The van der Waals surface area contributed by atoms with Gasteiger partial charge in [-0.15, -0.1) is 11.3 Å². The summed E-state index contributed by atoms with van der Waals surface area (Å²) in [6.07, 6.45) is 0.690. The molecule has 1 aliphatic heterocycles. The van der Waals surface area contributed by atoms with Crippen LogP contribution in [0.5, 0.6) is 11.5 Å². The Hall–Kier alpha value is -3.94. The van der Waals surface area contributed by atoms with Gasteiger partial charge in [0.25, 0.3) is 0 Å². The van der Waals surface area contributed by atoms with Gasteiger partial charge in [0.1, 0.15) is 11.5 Å². The first-order chi connectivity index (χ1) is 18.1. The molecule has 1 atom stereocenters. The first-order valence-electron chi connectivity index (χ1n) is 11.8. The van der Waals surface area contributed by atoms with E-state index in [0.29, 0.717) is 23.1 Å². The highest BCUT2D eigenvalue weighted by Crippen LogP contribution is 2.40. The van der Waals surface area contributed by atoms with Gasteiger partial charge in [-0.2, -0.15) is 5.10 Å². The van der Waals surface area contributed by atoms with Crippen molar-refractivity contribution in [3.05, 3.63) is 99.7 Å². The van der Waals surface area contributed by atoms with Crippen molar-refractivity contribution < 1.29 is 9.47 Å². The summed E-state index contributed by atoms with van der Waals surface area (Å²) in [5.74, 6) is 1.99. The average molecular weight is 527 g/mol. The zero-order chi connectivity index (χ0) is 25.4. The molecule has 0 saturated carbocycles. The number of nitrogens with zero attached hydrogens (tertiary/aromatic N) is 4. The summed E-state index contributed by atoms with van der Waals surface area (Å²) in [6, 6.07) is 25.7. The van der Waals surface area contributed by atoms with Gasteiger partial charge in [-0.25, -0.2) is 15.0 Å². The number of hydrazone groups is 1. The molecule has 8 heteroatoms. The predicted molar refractivity (Wildman–Crippen MR) is 150 cm³/mol. The molecule has 0 N–H and O–H groups in total. The molecule has 1 aliphatic rings. The lowest BCUT2D eigenvalue weighted by Crippen LogP contribution is -2.20. The van der Waals surface area contributed by atoms with Gasteiger partial charge in [-0.1, -0.05) is 48.0 Å². The smallest absolute Gasteiger partial charge is 0.247 e. The molecule has 3 aromatic carbocycles. The molecular formula is C29H23ClN4O2S. The van der Waals surface area contributed by atoms with E-state index in [-0.39, 0.29) is 6.04 Å². The third kappa shape index (κ3) is 4.41. The SMILES string of the molecule is COc1ccc(C2=NN(c3nc(-c4ccc(Cl)cc4)c4ccccc4n3)[C@@H](c3cccs3)C2)c(OC)c1. The van der Waals surface area contributed by atoms with Gasteiger partial charge in [0, 0.05) is 38.9 Å². The second-order valence-electron chi connectivity index (χ2n) is 8.59. The molecule has 0 aliphatic carbocycles. The summed E-state index contributed by atoms with van der Waals surface area (Å²) in [5, 5.41) is 10.8. The van der Waals surface area contributed by atoms with E-state index in [9.17, 15) is 0 Å². The van der Waals surface area contributed by atoms with E-state index in [1.165, 1.54) is 4.88 Å². The molecular weight excluding hydrogens is 504 g/mol. The van der Waals surface area contributed by atoms with Crippen LogP contribution in [0.4, 0.5) is 5.95 Å². The van der Waals surface area contributed by atoms with Gasteiger partial charge in [0.15, 0.2) is 0 Å². The maximum absolute atomic E-state index is 6.17. The number of anilines is 1. The van der Waals surface area contributed by atoms with E-state index in [2.05, 4.69) is 17.5 Å². The molecule has 6 rings (SSSR count). The minimum Gasteiger partial charge on any atom is -0.497 e.